The van der Waals surface area contributed by atoms with Gasteiger partial charge < -0.3 is 10.2 Å². The van der Waals surface area contributed by atoms with Gasteiger partial charge in [0.25, 0.3) is 5.91 Å². The number of aryl methyl sites for hydroxylation is 2. The van der Waals surface area contributed by atoms with Gasteiger partial charge in [0.2, 0.25) is 0 Å². The van der Waals surface area contributed by atoms with Crippen LogP contribution in [0.15, 0.2) is 23.0 Å². The van der Waals surface area contributed by atoms with Crippen molar-refractivity contribution >= 4 is 16.9 Å². The van der Waals surface area contributed by atoms with Gasteiger partial charge in [-0.25, -0.2) is 4.79 Å². The molecule has 1 aromatic heterocycles. The standard InChI is InChI=1S/C14H20N4O2/c1-16(2)8-7-15-13(19)10-5-6-11-12(9-10)18(4)14(20)17(11)3/h5-6,9H,7-8H2,1-4H3,(H,15,19). The van der Waals surface area contributed by atoms with Crippen LogP contribution in [0.1, 0.15) is 10.4 Å². The van der Waals surface area contributed by atoms with E-state index < -0.39 is 0 Å². The number of carbonyl (C=O) groups is 1. The fourth-order valence-electron chi connectivity index (χ4n) is 2.14. The van der Waals surface area contributed by atoms with Crippen molar-refractivity contribution in [1.82, 2.24) is 19.4 Å². The number of rotatable bonds is 4. The first-order valence-corrected chi connectivity index (χ1v) is 6.50. The Kier molecular flexibility index (Phi) is 3.94. The van der Waals surface area contributed by atoms with E-state index in [-0.39, 0.29) is 11.6 Å². The van der Waals surface area contributed by atoms with E-state index in [0.29, 0.717) is 12.1 Å². The van der Waals surface area contributed by atoms with E-state index in [1.54, 1.807) is 41.4 Å². The Morgan fingerprint density at radius 2 is 1.85 bits per heavy atom. The topological polar surface area (TPSA) is 59.3 Å². The van der Waals surface area contributed by atoms with E-state index in [1.807, 2.05) is 19.0 Å². The van der Waals surface area contributed by atoms with E-state index in [0.717, 1.165) is 17.6 Å². The van der Waals surface area contributed by atoms with Crippen LogP contribution in [0.5, 0.6) is 0 Å². The van der Waals surface area contributed by atoms with Crippen LogP contribution in [0.4, 0.5) is 0 Å². The van der Waals surface area contributed by atoms with Gasteiger partial charge in [-0.05, 0) is 32.3 Å². The molecule has 1 N–H and O–H groups in total. The lowest BCUT2D eigenvalue weighted by Gasteiger charge is -2.10. The Morgan fingerprint density at radius 1 is 1.20 bits per heavy atom. The number of fused-ring (bicyclic) bond motifs is 1. The van der Waals surface area contributed by atoms with E-state index in [1.165, 1.54) is 0 Å². The molecule has 0 bridgehead atoms. The number of aromatic nitrogens is 2. The van der Waals surface area contributed by atoms with Crippen molar-refractivity contribution in [3.05, 3.63) is 34.2 Å². The molecule has 0 unspecified atom stereocenters. The van der Waals surface area contributed by atoms with Crippen molar-refractivity contribution in [2.75, 3.05) is 27.2 Å². The van der Waals surface area contributed by atoms with E-state index in [9.17, 15) is 9.59 Å². The summed E-state index contributed by atoms with van der Waals surface area (Å²) >= 11 is 0. The highest BCUT2D eigenvalue weighted by molar-refractivity contribution is 5.97. The maximum atomic E-state index is 12.0. The van der Waals surface area contributed by atoms with Gasteiger partial charge in [-0.3, -0.25) is 13.9 Å². The molecule has 0 aliphatic carbocycles. The average Bonchev–Trinajstić information content (AvgIpc) is 2.63. The third-order valence-electron chi connectivity index (χ3n) is 3.38. The van der Waals surface area contributed by atoms with E-state index in [4.69, 9.17) is 0 Å². The monoisotopic (exact) mass is 276 g/mol. The van der Waals surface area contributed by atoms with Crippen LogP contribution in [0, 0.1) is 0 Å². The molecule has 1 heterocycles. The molecular weight excluding hydrogens is 256 g/mol. The number of benzene rings is 1. The summed E-state index contributed by atoms with van der Waals surface area (Å²) in [6.45, 7) is 1.38. The number of nitrogens with one attached hydrogen (secondary N) is 1. The SMILES string of the molecule is CN(C)CCNC(=O)c1ccc2c(c1)n(C)c(=O)n2C. The zero-order valence-corrected chi connectivity index (χ0v) is 12.3. The normalized spacial score (nSPS) is 11.2. The maximum absolute atomic E-state index is 12.0. The first-order valence-electron chi connectivity index (χ1n) is 6.50. The fraction of sp³-hybridized carbons (Fsp3) is 0.429. The van der Waals surface area contributed by atoms with E-state index >= 15 is 0 Å². The summed E-state index contributed by atoms with van der Waals surface area (Å²) < 4.78 is 3.12. The minimum absolute atomic E-state index is 0.0924. The minimum atomic E-state index is -0.120. The molecule has 0 spiro atoms. The predicted octanol–water partition coefficient (Wildman–Crippen LogP) is 0.168. The van der Waals surface area contributed by atoms with E-state index in [2.05, 4.69) is 5.32 Å². The van der Waals surface area contributed by atoms with Gasteiger partial charge in [-0.2, -0.15) is 0 Å². The maximum Gasteiger partial charge on any atom is 0.328 e. The molecule has 0 aliphatic heterocycles. The average molecular weight is 276 g/mol. The summed E-state index contributed by atoms with van der Waals surface area (Å²) in [5, 5.41) is 2.86. The van der Waals surface area contributed by atoms with Crippen molar-refractivity contribution in [3.8, 4) is 0 Å². The first-order chi connectivity index (χ1) is 9.41. The number of hydrogen-bond donors (Lipinski definition) is 1. The molecule has 0 saturated carbocycles. The number of hydrogen-bond acceptors (Lipinski definition) is 3. The van der Waals surface area contributed by atoms with Crippen LogP contribution in [0.2, 0.25) is 0 Å². The van der Waals surface area contributed by atoms with Gasteiger partial charge in [0.1, 0.15) is 0 Å². The molecule has 20 heavy (non-hydrogen) atoms. The van der Waals surface area contributed by atoms with Crippen molar-refractivity contribution < 1.29 is 4.79 Å². The molecule has 2 rings (SSSR count). The van der Waals surface area contributed by atoms with Crippen molar-refractivity contribution in [3.63, 3.8) is 0 Å². The Labute approximate surface area is 117 Å². The Morgan fingerprint density at radius 3 is 2.50 bits per heavy atom. The summed E-state index contributed by atoms with van der Waals surface area (Å²) in [5.74, 6) is -0.120. The Bertz CT molecular complexity index is 697. The molecule has 1 amide bonds. The Hall–Kier alpha value is -2.08. The zero-order valence-electron chi connectivity index (χ0n) is 12.3. The van der Waals surface area contributed by atoms with Gasteiger partial charge in [0.15, 0.2) is 0 Å². The summed E-state index contributed by atoms with van der Waals surface area (Å²) in [6.07, 6.45) is 0. The van der Waals surface area contributed by atoms with Crippen molar-refractivity contribution in [1.29, 1.82) is 0 Å². The predicted molar refractivity (Wildman–Crippen MR) is 79.0 cm³/mol. The quantitative estimate of drug-likeness (QED) is 0.866. The third kappa shape index (κ3) is 2.60. The van der Waals surface area contributed by atoms with Gasteiger partial charge in [-0.1, -0.05) is 0 Å². The molecule has 6 nitrogen and oxygen atoms in total. The number of amides is 1. The summed E-state index contributed by atoms with van der Waals surface area (Å²) in [4.78, 5) is 25.9. The molecule has 2 aromatic rings. The molecule has 0 radical (unpaired) electrons. The zero-order chi connectivity index (χ0) is 14.9. The molecule has 1 aromatic carbocycles. The lowest BCUT2D eigenvalue weighted by Crippen LogP contribution is -2.31. The van der Waals surface area contributed by atoms with Gasteiger partial charge >= 0.3 is 5.69 Å². The lowest BCUT2D eigenvalue weighted by molar-refractivity contribution is 0.0951. The molecule has 0 aliphatic rings. The largest absolute Gasteiger partial charge is 0.351 e. The van der Waals surface area contributed by atoms with Crippen LogP contribution in [0.3, 0.4) is 0 Å². The number of likely N-dealkylation sites (N-methyl/N-ethyl adjacent to an activating group) is 1. The highest BCUT2D eigenvalue weighted by Gasteiger charge is 2.11. The van der Waals surface area contributed by atoms with Gasteiger partial charge in [0.05, 0.1) is 11.0 Å². The highest BCUT2D eigenvalue weighted by Crippen LogP contribution is 2.13. The number of carbonyl (C=O) groups excluding carboxylic acids is 1. The van der Waals surface area contributed by atoms with Crippen LogP contribution in [-0.2, 0) is 14.1 Å². The highest BCUT2D eigenvalue weighted by atomic mass is 16.2. The molecule has 6 heteroatoms. The Balaban J connectivity index is 2.26. The third-order valence-corrected chi connectivity index (χ3v) is 3.38. The summed E-state index contributed by atoms with van der Waals surface area (Å²) in [7, 11) is 7.34. The number of nitrogens with zero attached hydrogens (tertiary/aromatic N) is 3. The van der Waals surface area contributed by atoms with Crippen LogP contribution < -0.4 is 11.0 Å². The molecule has 0 saturated heterocycles. The van der Waals surface area contributed by atoms with Crippen LogP contribution >= 0.6 is 0 Å². The fourth-order valence-corrected chi connectivity index (χ4v) is 2.14. The van der Waals surface area contributed by atoms with Crippen molar-refractivity contribution in [2.45, 2.75) is 0 Å². The summed E-state index contributed by atoms with van der Waals surface area (Å²) in [5.41, 5.74) is 2.06. The van der Waals surface area contributed by atoms with Crippen LogP contribution in [-0.4, -0.2) is 47.1 Å². The van der Waals surface area contributed by atoms with Gasteiger partial charge in [0, 0.05) is 32.7 Å². The van der Waals surface area contributed by atoms with Crippen molar-refractivity contribution in [2.24, 2.45) is 14.1 Å². The molecular formula is C14H20N4O2. The second kappa shape index (κ2) is 5.50. The second-order valence-electron chi connectivity index (χ2n) is 5.16. The first kappa shape index (κ1) is 14.3. The number of imidazole rings is 1. The van der Waals surface area contributed by atoms with Gasteiger partial charge in [-0.15, -0.1) is 0 Å². The van der Waals surface area contributed by atoms with Crippen LogP contribution in [0.25, 0.3) is 11.0 Å². The smallest absolute Gasteiger partial charge is 0.328 e. The lowest BCUT2D eigenvalue weighted by atomic mass is 10.2. The second-order valence-corrected chi connectivity index (χ2v) is 5.16. The molecule has 0 fully saturated rings. The molecule has 108 valence electrons. The summed E-state index contributed by atoms with van der Waals surface area (Å²) in [6, 6.07) is 5.30. The minimum Gasteiger partial charge on any atom is -0.351 e. The molecule has 0 atom stereocenters.